The minimum absolute atomic E-state index is 0.288. The van der Waals surface area contributed by atoms with Crippen LogP contribution in [0, 0.1) is 0 Å². The van der Waals surface area contributed by atoms with Gasteiger partial charge in [0.1, 0.15) is 0 Å². The molecule has 114 valence electrons. The normalized spacial score (nSPS) is 11.5. The lowest BCUT2D eigenvalue weighted by atomic mass is 10.4. The summed E-state index contributed by atoms with van der Waals surface area (Å²) in [4.78, 5) is 16.0. The Morgan fingerprint density at radius 2 is 1.74 bits per heavy atom. The Hall–Kier alpha value is -0.420. The van der Waals surface area contributed by atoms with Crippen LogP contribution in [-0.2, 0) is 23.2 Å². The van der Waals surface area contributed by atoms with E-state index in [0.29, 0.717) is 39.2 Å². The van der Waals surface area contributed by atoms with Crippen molar-refractivity contribution in [1.82, 2.24) is 5.06 Å². The number of nitrogens with zero attached hydrogens (tertiary/aromatic N) is 1. The number of hydrogen-bond acceptors (Lipinski definition) is 5. The van der Waals surface area contributed by atoms with Crippen molar-refractivity contribution in [2.75, 3.05) is 32.5 Å². The molecule has 0 aliphatic heterocycles. The van der Waals surface area contributed by atoms with Crippen LogP contribution in [0.15, 0.2) is 0 Å². The number of unbranched alkanes of at least 4 members (excludes halogenated alkanes) is 1. The van der Waals surface area contributed by atoms with E-state index in [9.17, 15) is 9.36 Å². The molecule has 0 aromatic rings. The van der Waals surface area contributed by atoms with E-state index in [1.807, 2.05) is 0 Å². The van der Waals surface area contributed by atoms with Gasteiger partial charge in [0.25, 0.3) is 0 Å². The van der Waals surface area contributed by atoms with Gasteiger partial charge in [0.15, 0.2) is 0 Å². The van der Waals surface area contributed by atoms with Crippen molar-refractivity contribution in [3.63, 3.8) is 0 Å². The maximum atomic E-state index is 12.2. The molecule has 0 unspecified atom stereocenters. The van der Waals surface area contributed by atoms with Gasteiger partial charge in [-0.3, -0.25) is 14.2 Å². The summed E-state index contributed by atoms with van der Waals surface area (Å²) in [6.45, 7) is 7.20. The fourth-order valence-corrected chi connectivity index (χ4v) is 3.10. The molecule has 0 heterocycles. The zero-order valence-electron chi connectivity index (χ0n) is 12.2. The molecule has 0 aliphatic carbocycles. The van der Waals surface area contributed by atoms with Gasteiger partial charge in [-0.15, -0.1) is 0 Å². The molecular weight excluding hydrogens is 269 g/mol. The summed E-state index contributed by atoms with van der Waals surface area (Å²) in [5.74, 6) is 0. The van der Waals surface area contributed by atoms with Crippen LogP contribution in [0.3, 0.4) is 0 Å². The highest BCUT2D eigenvalue weighted by Gasteiger charge is 2.23. The lowest BCUT2D eigenvalue weighted by Crippen LogP contribution is -2.25. The third-order valence-corrected chi connectivity index (χ3v) is 4.50. The van der Waals surface area contributed by atoms with Gasteiger partial charge in [0, 0.05) is 6.54 Å². The second kappa shape index (κ2) is 11.4. The molecule has 0 atom stereocenters. The molecule has 0 fully saturated rings. The van der Waals surface area contributed by atoms with Gasteiger partial charge in [-0.25, -0.2) is 5.06 Å². The summed E-state index contributed by atoms with van der Waals surface area (Å²) in [5, 5.41) is 1.23. The largest absolute Gasteiger partial charge is 0.330 e. The molecule has 7 heteroatoms. The Morgan fingerprint density at radius 3 is 2.21 bits per heavy atom. The van der Waals surface area contributed by atoms with Crippen LogP contribution >= 0.6 is 7.60 Å². The maximum Gasteiger partial charge on any atom is 0.330 e. The number of hydrogen-bond donors (Lipinski definition) is 0. The Bertz CT molecular complexity index is 265. The summed E-state index contributed by atoms with van der Waals surface area (Å²) in [7, 11) is -3.02. The predicted molar refractivity (Wildman–Crippen MR) is 74.0 cm³/mol. The first kappa shape index (κ1) is 18.6. The molecule has 0 radical (unpaired) electrons. The Balaban J connectivity index is 4.00. The van der Waals surface area contributed by atoms with Gasteiger partial charge < -0.3 is 9.05 Å². The molecule has 1 amide bonds. The highest BCUT2D eigenvalue weighted by molar-refractivity contribution is 7.53. The monoisotopic (exact) mass is 295 g/mol. The first-order valence-electron chi connectivity index (χ1n) is 6.84. The van der Waals surface area contributed by atoms with Crippen molar-refractivity contribution >= 4 is 14.0 Å². The molecule has 0 aliphatic rings. The smallest absolute Gasteiger partial charge is 0.309 e. The molecule has 0 saturated heterocycles. The lowest BCUT2D eigenvalue weighted by Gasteiger charge is -2.19. The van der Waals surface area contributed by atoms with Crippen molar-refractivity contribution in [3.8, 4) is 0 Å². The molecule has 0 bridgehead atoms. The average molecular weight is 295 g/mol. The van der Waals surface area contributed by atoms with Crippen LogP contribution in [0.5, 0.6) is 0 Å². The second-order valence-corrected chi connectivity index (χ2v) is 6.14. The summed E-state index contributed by atoms with van der Waals surface area (Å²) in [6, 6.07) is 0. The van der Waals surface area contributed by atoms with E-state index in [1.165, 1.54) is 5.06 Å². The third-order valence-electron chi connectivity index (χ3n) is 2.33. The highest BCUT2D eigenvalue weighted by atomic mass is 31.2. The van der Waals surface area contributed by atoms with Gasteiger partial charge in [0.2, 0.25) is 6.41 Å². The molecule has 19 heavy (non-hydrogen) atoms. The SMILES string of the molecule is CCCCON(C=O)CCCP(=O)(OCC)OCC. The molecule has 0 saturated carbocycles. The van der Waals surface area contributed by atoms with Gasteiger partial charge in [0.05, 0.1) is 26.0 Å². The summed E-state index contributed by atoms with van der Waals surface area (Å²) in [6.07, 6.45) is 3.36. The number of carbonyl (C=O) groups is 1. The fourth-order valence-electron chi connectivity index (χ4n) is 1.45. The first-order chi connectivity index (χ1) is 9.11. The van der Waals surface area contributed by atoms with E-state index in [4.69, 9.17) is 13.9 Å². The van der Waals surface area contributed by atoms with E-state index in [1.54, 1.807) is 13.8 Å². The summed E-state index contributed by atoms with van der Waals surface area (Å²) < 4.78 is 22.5. The van der Waals surface area contributed by atoms with E-state index in [0.717, 1.165) is 12.8 Å². The molecule has 6 nitrogen and oxygen atoms in total. The van der Waals surface area contributed by atoms with Gasteiger partial charge in [-0.1, -0.05) is 13.3 Å². The highest BCUT2D eigenvalue weighted by Crippen LogP contribution is 2.48. The van der Waals surface area contributed by atoms with Gasteiger partial charge in [-0.05, 0) is 26.7 Å². The van der Waals surface area contributed by atoms with Crippen molar-refractivity contribution in [3.05, 3.63) is 0 Å². The van der Waals surface area contributed by atoms with E-state index in [2.05, 4.69) is 6.92 Å². The first-order valence-corrected chi connectivity index (χ1v) is 8.57. The third kappa shape index (κ3) is 9.16. The zero-order chi connectivity index (χ0) is 14.6. The van der Waals surface area contributed by atoms with E-state index < -0.39 is 7.60 Å². The molecular formula is C12H26NO5P. The number of carbonyl (C=O) groups excluding carboxylic acids is 1. The second-order valence-electron chi connectivity index (χ2n) is 3.96. The molecule has 0 spiro atoms. The van der Waals surface area contributed by atoms with Gasteiger partial charge >= 0.3 is 7.60 Å². The van der Waals surface area contributed by atoms with E-state index in [-0.39, 0.29) is 6.16 Å². The maximum absolute atomic E-state index is 12.2. The van der Waals surface area contributed by atoms with Crippen LogP contribution in [-0.4, -0.2) is 44.0 Å². The van der Waals surface area contributed by atoms with Gasteiger partial charge in [-0.2, -0.15) is 0 Å². The van der Waals surface area contributed by atoms with Crippen molar-refractivity contribution in [2.24, 2.45) is 0 Å². The minimum atomic E-state index is -3.02. The minimum Gasteiger partial charge on any atom is -0.309 e. The summed E-state index contributed by atoms with van der Waals surface area (Å²) in [5.41, 5.74) is 0. The molecule has 0 aromatic heterocycles. The lowest BCUT2D eigenvalue weighted by molar-refractivity contribution is -0.172. The molecule has 0 N–H and O–H groups in total. The van der Waals surface area contributed by atoms with Crippen LogP contribution in [0.4, 0.5) is 0 Å². The Morgan fingerprint density at radius 1 is 1.11 bits per heavy atom. The molecule has 0 aromatic carbocycles. The van der Waals surface area contributed by atoms with Crippen molar-refractivity contribution in [2.45, 2.75) is 40.0 Å². The quantitative estimate of drug-likeness (QED) is 0.226. The number of hydroxylamine groups is 2. The van der Waals surface area contributed by atoms with Crippen LogP contribution < -0.4 is 0 Å². The zero-order valence-corrected chi connectivity index (χ0v) is 13.1. The number of rotatable bonds is 13. The molecule has 0 rings (SSSR count). The van der Waals surface area contributed by atoms with Crippen LogP contribution in [0.1, 0.15) is 40.0 Å². The fraction of sp³-hybridized carbons (Fsp3) is 0.917. The van der Waals surface area contributed by atoms with Crippen molar-refractivity contribution < 1.29 is 23.2 Å². The average Bonchev–Trinajstić information content (AvgIpc) is 2.37. The van der Waals surface area contributed by atoms with Crippen LogP contribution in [0.2, 0.25) is 0 Å². The topological polar surface area (TPSA) is 65.1 Å². The Labute approximate surface area is 115 Å². The van der Waals surface area contributed by atoms with Crippen LogP contribution in [0.25, 0.3) is 0 Å². The number of amides is 1. The predicted octanol–water partition coefficient (Wildman–Crippen LogP) is 2.83. The van der Waals surface area contributed by atoms with Crippen molar-refractivity contribution in [1.29, 1.82) is 0 Å². The van der Waals surface area contributed by atoms with E-state index >= 15 is 0 Å². The standard InChI is InChI=1S/C12H26NO5P/c1-4-7-10-16-13(12-14)9-8-11-19(15,17-5-2)18-6-3/h12H,4-11H2,1-3H3. The Kier molecular flexibility index (Phi) is 11.2. The summed E-state index contributed by atoms with van der Waals surface area (Å²) >= 11 is 0.